The number of aliphatic carboxylic acids is 1. The van der Waals surface area contributed by atoms with Gasteiger partial charge in [0.1, 0.15) is 5.82 Å². The van der Waals surface area contributed by atoms with Crippen LogP contribution in [0, 0.1) is 5.82 Å². The lowest BCUT2D eigenvalue weighted by molar-refractivity contribution is -0.136. The van der Waals surface area contributed by atoms with E-state index in [1.54, 1.807) is 0 Å². The molecule has 0 saturated carbocycles. The highest BCUT2D eigenvalue weighted by atomic mass is 35.5. The molecule has 0 aliphatic rings. The summed E-state index contributed by atoms with van der Waals surface area (Å²) in [6, 6.07) is 5.12. The number of phenols is 2. The maximum atomic E-state index is 13.4. The lowest BCUT2D eigenvalue weighted by atomic mass is 10.1. The normalized spacial score (nSPS) is 11.8. The molecule has 0 atom stereocenters. The smallest absolute Gasteiger partial charge is 0.303 e. The van der Waals surface area contributed by atoms with E-state index in [1.807, 2.05) is 0 Å². The van der Waals surface area contributed by atoms with Crippen molar-refractivity contribution in [1.29, 1.82) is 0 Å². The first-order valence-corrected chi connectivity index (χ1v) is 9.41. The van der Waals surface area contributed by atoms with Crippen molar-refractivity contribution >= 4 is 38.5 Å². The average molecular weight is 414 g/mol. The van der Waals surface area contributed by atoms with Gasteiger partial charge in [-0.25, -0.2) is 16.8 Å². The van der Waals surface area contributed by atoms with E-state index >= 15 is 0 Å². The molecule has 0 spiro atoms. The molecule has 3 N–H and O–H groups in total. The van der Waals surface area contributed by atoms with Gasteiger partial charge >= 0.3 is 5.97 Å². The first-order valence-electron chi connectivity index (χ1n) is 7.59. The fourth-order valence-corrected chi connectivity index (χ4v) is 4.33. The summed E-state index contributed by atoms with van der Waals surface area (Å²) in [6.45, 7) is 0. The summed E-state index contributed by atoms with van der Waals surface area (Å²) in [5.41, 5.74) is 0.380. The fraction of sp³-hybridized carbons (Fsp3) is 0.118. The number of hydrogen-bond acceptors (Lipinski definition) is 5. The first kappa shape index (κ1) is 19.0. The molecule has 10 heteroatoms. The monoisotopic (exact) mass is 413 g/mol. The van der Waals surface area contributed by atoms with Gasteiger partial charge in [-0.05, 0) is 36.2 Å². The van der Waals surface area contributed by atoms with Crippen LogP contribution in [0.1, 0.15) is 12.0 Å². The van der Waals surface area contributed by atoms with E-state index in [-0.39, 0.29) is 33.7 Å². The van der Waals surface area contributed by atoms with Gasteiger partial charge in [-0.3, -0.25) is 4.79 Å². The molecule has 0 bridgehead atoms. The van der Waals surface area contributed by atoms with Gasteiger partial charge in [0.15, 0.2) is 11.5 Å². The summed E-state index contributed by atoms with van der Waals surface area (Å²) >= 11 is 5.67. The van der Waals surface area contributed by atoms with Crippen molar-refractivity contribution in [3.05, 3.63) is 52.9 Å². The van der Waals surface area contributed by atoms with Crippen LogP contribution in [0.2, 0.25) is 5.02 Å². The molecule has 0 aliphatic heterocycles. The zero-order chi connectivity index (χ0) is 19.9. The first-order chi connectivity index (χ1) is 12.6. The van der Waals surface area contributed by atoms with Crippen LogP contribution in [-0.2, 0) is 21.2 Å². The molecular formula is C17H13ClFNO6S. The number of aryl methyl sites for hydroxylation is 1. The van der Waals surface area contributed by atoms with Gasteiger partial charge in [0, 0.05) is 24.1 Å². The minimum atomic E-state index is -4.23. The molecule has 0 unspecified atom stereocenters. The summed E-state index contributed by atoms with van der Waals surface area (Å²) in [4.78, 5) is 10.6. The van der Waals surface area contributed by atoms with E-state index in [4.69, 9.17) is 16.7 Å². The third-order valence-corrected chi connectivity index (χ3v) is 5.96. The van der Waals surface area contributed by atoms with E-state index < -0.39 is 33.3 Å². The highest BCUT2D eigenvalue weighted by molar-refractivity contribution is 7.90. The minimum Gasteiger partial charge on any atom is -0.504 e. The predicted octanol–water partition coefficient (Wildman–Crippen LogP) is 3.10. The van der Waals surface area contributed by atoms with Crippen LogP contribution in [0.15, 0.2) is 41.4 Å². The van der Waals surface area contributed by atoms with Gasteiger partial charge in [-0.15, -0.1) is 0 Å². The standard InChI is InChI=1S/C17H13ClFNO6S/c18-12-5-10(2-3-13(12)19)27(25,26)20-8-9(1-4-17(23)24)11-6-15(21)16(22)7-14(11)20/h2-3,5-8,21-22H,1,4H2,(H,23,24). The molecule has 3 aromatic rings. The Bertz CT molecular complexity index is 1170. The van der Waals surface area contributed by atoms with Crippen LogP contribution in [-0.4, -0.2) is 33.7 Å². The second-order valence-electron chi connectivity index (χ2n) is 5.78. The van der Waals surface area contributed by atoms with Crippen molar-refractivity contribution in [3.63, 3.8) is 0 Å². The molecule has 27 heavy (non-hydrogen) atoms. The second kappa shape index (κ2) is 6.75. The molecule has 142 valence electrons. The van der Waals surface area contributed by atoms with E-state index in [0.29, 0.717) is 5.56 Å². The van der Waals surface area contributed by atoms with E-state index in [9.17, 15) is 27.8 Å². The summed E-state index contributed by atoms with van der Waals surface area (Å²) in [7, 11) is -4.23. The number of aromatic hydroxyl groups is 2. The number of aromatic nitrogens is 1. The number of phenolic OH excluding ortho intramolecular Hbond substituents is 2. The van der Waals surface area contributed by atoms with Crippen LogP contribution >= 0.6 is 11.6 Å². The van der Waals surface area contributed by atoms with Crippen LogP contribution in [0.25, 0.3) is 10.9 Å². The molecule has 0 amide bonds. The van der Waals surface area contributed by atoms with Crippen LogP contribution < -0.4 is 0 Å². The van der Waals surface area contributed by atoms with Crippen LogP contribution in [0.4, 0.5) is 4.39 Å². The largest absolute Gasteiger partial charge is 0.504 e. The summed E-state index contributed by atoms with van der Waals surface area (Å²) < 4.78 is 40.2. The van der Waals surface area contributed by atoms with Gasteiger partial charge in [0.05, 0.1) is 15.4 Å². The SMILES string of the molecule is O=C(O)CCc1cn(S(=O)(=O)c2ccc(F)c(Cl)c2)c2cc(O)c(O)cc12. The molecular weight excluding hydrogens is 401 g/mol. The van der Waals surface area contributed by atoms with Crippen LogP contribution in [0.3, 0.4) is 0 Å². The van der Waals surface area contributed by atoms with E-state index in [0.717, 1.165) is 34.3 Å². The molecule has 0 aliphatic carbocycles. The van der Waals surface area contributed by atoms with Crippen LogP contribution in [0.5, 0.6) is 11.5 Å². The van der Waals surface area contributed by atoms with Gasteiger partial charge in [0.2, 0.25) is 0 Å². The van der Waals surface area contributed by atoms with Crippen molar-refractivity contribution in [2.75, 3.05) is 0 Å². The van der Waals surface area contributed by atoms with Crippen molar-refractivity contribution in [3.8, 4) is 11.5 Å². The number of carboxylic acids is 1. The minimum absolute atomic E-state index is 0.00272. The predicted molar refractivity (Wildman–Crippen MR) is 95.2 cm³/mol. The highest BCUT2D eigenvalue weighted by Gasteiger charge is 2.23. The second-order valence-corrected chi connectivity index (χ2v) is 8.01. The van der Waals surface area contributed by atoms with Gasteiger partial charge in [0.25, 0.3) is 10.0 Å². The fourth-order valence-electron chi connectivity index (χ4n) is 2.68. The number of carboxylic acid groups (broad SMARTS) is 1. The lowest BCUT2D eigenvalue weighted by Gasteiger charge is -2.09. The van der Waals surface area contributed by atoms with Crippen molar-refractivity contribution in [2.24, 2.45) is 0 Å². The molecule has 0 fully saturated rings. The zero-order valence-corrected chi connectivity index (χ0v) is 15.1. The third kappa shape index (κ3) is 3.43. The van der Waals surface area contributed by atoms with Gasteiger partial charge < -0.3 is 15.3 Å². The Morgan fingerprint density at radius 1 is 1.15 bits per heavy atom. The maximum Gasteiger partial charge on any atom is 0.303 e. The Morgan fingerprint density at radius 3 is 2.44 bits per heavy atom. The van der Waals surface area contributed by atoms with Crippen molar-refractivity contribution < 1.29 is 32.9 Å². The number of benzene rings is 2. The zero-order valence-electron chi connectivity index (χ0n) is 13.6. The number of carbonyl (C=O) groups is 1. The maximum absolute atomic E-state index is 13.4. The average Bonchev–Trinajstić information content (AvgIpc) is 2.94. The van der Waals surface area contributed by atoms with E-state index in [2.05, 4.69) is 0 Å². The lowest BCUT2D eigenvalue weighted by Crippen LogP contribution is -2.12. The van der Waals surface area contributed by atoms with Crippen molar-refractivity contribution in [1.82, 2.24) is 3.97 Å². The molecule has 0 radical (unpaired) electrons. The van der Waals surface area contributed by atoms with Gasteiger partial charge in [-0.1, -0.05) is 11.6 Å². The Hall–Kier alpha value is -2.78. The number of rotatable bonds is 5. The molecule has 1 heterocycles. The molecule has 2 aromatic carbocycles. The quantitative estimate of drug-likeness (QED) is 0.553. The summed E-state index contributed by atoms with van der Waals surface area (Å²) in [5, 5.41) is 28.3. The van der Waals surface area contributed by atoms with Crippen molar-refractivity contribution in [2.45, 2.75) is 17.7 Å². The molecule has 7 nitrogen and oxygen atoms in total. The Morgan fingerprint density at radius 2 is 1.81 bits per heavy atom. The Balaban J connectivity index is 2.24. The number of nitrogens with zero attached hydrogens (tertiary/aromatic N) is 1. The molecule has 3 rings (SSSR count). The number of fused-ring (bicyclic) bond motifs is 1. The molecule has 0 saturated heterocycles. The highest BCUT2D eigenvalue weighted by Crippen LogP contribution is 2.35. The third-order valence-electron chi connectivity index (χ3n) is 4.01. The van der Waals surface area contributed by atoms with E-state index in [1.165, 1.54) is 6.20 Å². The topological polar surface area (TPSA) is 117 Å². The molecule has 1 aromatic heterocycles. The Kier molecular flexibility index (Phi) is 4.75. The summed E-state index contributed by atoms with van der Waals surface area (Å²) in [5.74, 6) is -2.87. The summed E-state index contributed by atoms with van der Waals surface area (Å²) in [6.07, 6.45) is 0.949. The number of hydrogen-bond donors (Lipinski definition) is 3. The Labute approximate surface area is 157 Å². The number of halogens is 2. The van der Waals surface area contributed by atoms with Gasteiger partial charge in [-0.2, -0.15) is 0 Å².